The monoisotopic (exact) mass is 298 g/mol. The maximum Gasteiger partial charge on any atom is 0.0594 e. The number of hydrogen-bond donors (Lipinski definition) is 0. The summed E-state index contributed by atoms with van der Waals surface area (Å²) in [6.07, 6.45) is 9.80. The van der Waals surface area contributed by atoms with Gasteiger partial charge in [-0.05, 0) is 25.9 Å². The van der Waals surface area contributed by atoms with Crippen molar-refractivity contribution < 1.29 is 9.47 Å². The van der Waals surface area contributed by atoms with Gasteiger partial charge in [-0.25, -0.2) is 0 Å². The van der Waals surface area contributed by atoms with Crippen LogP contribution in [0, 0.1) is 0 Å². The van der Waals surface area contributed by atoms with Crippen LogP contribution in [0.5, 0.6) is 0 Å². The molecule has 2 aliphatic rings. The van der Waals surface area contributed by atoms with Crippen LogP contribution < -0.4 is 0 Å². The summed E-state index contributed by atoms with van der Waals surface area (Å²) in [7, 11) is 0. The zero-order chi connectivity index (χ0) is 14.6. The number of nitrogens with zero attached hydrogens (tertiary/aromatic N) is 2. The van der Waals surface area contributed by atoms with Gasteiger partial charge in [-0.1, -0.05) is 32.1 Å². The third-order valence-corrected chi connectivity index (χ3v) is 4.66. The summed E-state index contributed by atoms with van der Waals surface area (Å²) in [5, 5.41) is 0. The van der Waals surface area contributed by atoms with Crippen molar-refractivity contribution in [3.05, 3.63) is 0 Å². The van der Waals surface area contributed by atoms with Crippen LogP contribution in [0.1, 0.15) is 44.9 Å². The molecular formula is C17H34N2O2. The normalized spacial score (nSPS) is 21.7. The van der Waals surface area contributed by atoms with E-state index >= 15 is 0 Å². The topological polar surface area (TPSA) is 24.9 Å². The molecule has 0 unspecified atom stereocenters. The van der Waals surface area contributed by atoms with E-state index in [1.165, 1.54) is 58.0 Å². The van der Waals surface area contributed by atoms with Crippen molar-refractivity contribution in [2.45, 2.75) is 44.9 Å². The second kappa shape index (κ2) is 11.4. The molecular weight excluding hydrogens is 264 g/mol. The predicted molar refractivity (Wildman–Crippen MR) is 86.8 cm³/mol. The van der Waals surface area contributed by atoms with Gasteiger partial charge in [0, 0.05) is 26.2 Å². The van der Waals surface area contributed by atoms with Gasteiger partial charge in [-0.3, -0.25) is 9.80 Å². The number of unbranched alkanes of at least 4 members (excludes halogenated alkanes) is 6. The lowest BCUT2D eigenvalue weighted by Gasteiger charge is -2.26. The van der Waals surface area contributed by atoms with E-state index in [1.54, 1.807) is 0 Å². The molecule has 2 aliphatic heterocycles. The molecule has 0 spiro atoms. The first-order chi connectivity index (χ1) is 10.4. The highest BCUT2D eigenvalue weighted by atomic mass is 16.5. The molecule has 21 heavy (non-hydrogen) atoms. The molecule has 2 heterocycles. The SMILES string of the molecule is C(CCCCN1CCOCC1)CCCCN1CCOCC1. The smallest absolute Gasteiger partial charge is 0.0594 e. The molecule has 0 bridgehead atoms. The third kappa shape index (κ3) is 8.15. The Hall–Kier alpha value is -0.160. The molecule has 0 radical (unpaired) electrons. The third-order valence-electron chi connectivity index (χ3n) is 4.66. The predicted octanol–water partition coefficient (Wildman–Crippen LogP) is 2.38. The summed E-state index contributed by atoms with van der Waals surface area (Å²) in [5.41, 5.74) is 0. The highest BCUT2D eigenvalue weighted by Gasteiger charge is 2.09. The van der Waals surface area contributed by atoms with Gasteiger partial charge in [0.1, 0.15) is 0 Å². The molecule has 2 fully saturated rings. The summed E-state index contributed by atoms with van der Waals surface area (Å²) >= 11 is 0. The first-order valence-corrected chi connectivity index (χ1v) is 9.05. The van der Waals surface area contributed by atoms with E-state index in [0.29, 0.717) is 0 Å². The molecule has 0 atom stereocenters. The van der Waals surface area contributed by atoms with E-state index in [2.05, 4.69) is 9.80 Å². The van der Waals surface area contributed by atoms with Crippen LogP contribution in [0.3, 0.4) is 0 Å². The highest BCUT2D eigenvalue weighted by Crippen LogP contribution is 2.09. The minimum absolute atomic E-state index is 0.934. The largest absolute Gasteiger partial charge is 0.379 e. The van der Waals surface area contributed by atoms with Crippen LogP contribution in [-0.2, 0) is 9.47 Å². The van der Waals surface area contributed by atoms with Gasteiger partial charge in [-0.2, -0.15) is 0 Å². The first-order valence-electron chi connectivity index (χ1n) is 9.05. The Bertz CT molecular complexity index is 215. The van der Waals surface area contributed by atoms with Crippen LogP contribution in [0.4, 0.5) is 0 Å². The standard InChI is InChI=1S/C17H34N2O2/c1(2-4-6-8-18-10-14-20-15-11-18)3-5-7-9-19-12-16-21-17-13-19/h1-17H2. The van der Waals surface area contributed by atoms with Crippen molar-refractivity contribution in [1.82, 2.24) is 9.80 Å². The fourth-order valence-electron chi connectivity index (χ4n) is 3.20. The molecule has 2 saturated heterocycles. The molecule has 0 saturated carbocycles. The van der Waals surface area contributed by atoms with Crippen molar-refractivity contribution in [3.8, 4) is 0 Å². The lowest BCUT2D eigenvalue weighted by atomic mass is 10.1. The molecule has 0 aliphatic carbocycles. The van der Waals surface area contributed by atoms with Crippen molar-refractivity contribution in [1.29, 1.82) is 0 Å². The average molecular weight is 298 g/mol. The number of hydrogen-bond acceptors (Lipinski definition) is 4. The van der Waals surface area contributed by atoms with Gasteiger partial charge in [0.05, 0.1) is 26.4 Å². The van der Waals surface area contributed by atoms with Crippen LogP contribution in [0.15, 0.2) is 0 Å². The fraction of sp³-hybridized carbons (Fsp3) is 1.00. The molecule has 4 nitrogen and oxygen atoms in total. The molecule has 0 N–H and O–H groups in total. The van der Waals surface area contributed by atoms with Crippen LogP contribution in [-0.4, -0.2) is 75.5 Å². The van der Waals surface area contributed by atoms with Crippen molar-refractivity contribution in [2.75, 3.05) is 65.7 Å². The van der Waals surface area contributed by atoms with E-state index in [1.807, 2.05) is 0 Å². The van der Waals surface area contributed by atoms with Crippen molar-refractivity contribution >= 4 is 0 Å². The van der Waals surface area contributed by atoms with Gasteiger partial charge in [0.15, 0.2) is 0 Å². The minimum atomic E-state index is 0.934. The second-order valence-corrected chi connectivity index (χ2v) is 6.38. The Labute approximate surface area is 130 Å². The van der Waals surface area contributed by atoms with Crippen LogP contribution in [0.25, 0.3) is 0 Å². The summed E-state index contributed by atoms with van der Waals surface area (Å²) in [6.45, 7) is 10.9. The lowest BCUT2D eigenvalue weighted by Crippen LogP contribution is -2.36. The van der Waals surface area contributed by atoms with Crippen molar-refractivity contribution in [2.24, 2.45) is 0 Å². The van der Waals surface area contributed by atoms with Gasteiger partial charge in [0.25, 0.3) is 0 Å². The van der Waals surface area contributed by atoms with Gasteiger partial charge >= 0.3 is 0 Å². The molecule has 2 rings (SSSR count). The molecule has 0 aromatic heterocycles. The number of morpholine rings is 2. The maximum atomic E-state index is 5.37. The zero-order valence-electron chi connectivity index (χ0n) is 13.7. The summed E-state index contributed by atoms with van der Waals surface area (Å²) in [6, 6.07) is 0. The second-order valence-electron chi connectivity index (χ2n) is 6.38. The van der Waals surface area contributed by atoms with E-state index < -0.39 is 0 Å². The first kappa shape index (κ1) is 17.2. The number of rotatable bonds is 10. The molecule has 4 heteroatoms. The minimum Gasteiger partial charge on any atom is -0.379 e. The van der Waals surface area contributed by atoms with Gasteiger partial charge in [-0.15, -0.1) is 0 Å². The Morgan fingerprint density at radius 1 is 0.476 bits per heavy atom. The quantitative estimate of drug-likeness (QED) is 0.578. The molecule has 0 amide bonds. The molecule has 0 aromatic rings. The maximum absolute atomic E-state index is 5.37. The van der Waals surface area contributed by atoms with E-state index in [9.17, 15) is 0 Å². The Morgan fingerprint density at radius 2 is 0.810 bits per heavy atom. The zero-order valence-corrected chi connectivity index (χ0v) is 13.7. The Morgan fingerprint density at radius 3 is 1.19 bits per heavy atom. The van der Waals surface area contributed by atoms with E-state index in [4.69, 9.17) is 9.47 Å². The van der Waals surface area contributed by atoms with Crippen molar-refractivity contribution in [3.63, 3.8) is 0 Å². The average Bonchev–Trinajstić information content (AvgIpc) is 2.55. The van der Waals surface area contributed by atoms with E-state index in [-0.39, 0.29) is 0 Å². The number of ether oxygens (including phenoxy) is 2. The Kier molecular flexibility index (Phi) is 9.35. The fourth-order valence-corrected chi connectivity index (χ4v) is 3.20. The highest BCUT2D eigenvalue weighted by molar-refractivity contribution is 4.63. The lowest BCUT2D eigenvalue weighted by molar-refractivity contribution is 0.0369. The Balaban J connectivity index is 1.30. The summed E-state index contributed by atoms with van der Waals surface area (Å²) in [5.74, 6) is 0. The van der Waals surface area contributed by atoms with Gasteiger partial charge in [0.2, 0.25) is 0 Å². The van der Waals surface area contributed by atoms with Gasteiger partial charge < -0.3 is 9.47 Å². The summed E-state index contributed by atoms with van der Waals surface area (Å²) < 4.78 is 10.7. The van der Waals surface area contributed by atoms with Crippen LogP contribution >= 0.6 is 0 Å². The molecule has 124 valence electrons. The summed E-state index contributed by atoms with van der Waals surface area (Å²) in [4.78, 5) is 5.09. The molecule has 0 aromatic carbocycles. The van der Waals surface area contributed by atoms with E-state index in [0.717, 1.165) is 52.6 Å². The van der Waals surface area contributed by atoms with Crippen LogP contribution in [0.2, 0.25) is 0 Å².